The molecule has 0 saturated carbocycles. The van der Waals surface area contributed by atoms with Crippen molar-refractivity contribution in [1.29, 1.82) is 0 Å². The van der Waals surface area contributed by atoms with Crippen LogP contribution in [0.5, 0.6) is 5.88 Å². The zero-order chi connectivity index (χ0) is 11.1. The number of anilines is 1. The van der Waals surface area contributed by atoms with E-state index in [2.05, 4.69) is 30.7 Å². The van der Waals surface area contributed by atoms with Crippen molar-refractivity contribution in [2.45, 2.75) is 39.0 Å². The number of fused-ring (bicyclic) bond motifs is 1. The van der Waals surface area contributed by atoms with Crippen molar-refractivity contribution >= 4 is 5.82 Å². The van der Waals surface area contributed by atoms with Gasteiger partial charge in [-0.2, -0.15) is 4.98 Å². The second-order valence-electron chi connectivity index (χ2n) is 4.92. The summed E-state index contributed by atoms with van der Waals surface area (Å²) in [5.41, 5.74) is 6.78. The van der Waals surface area contributed by atoms with Crippen molar-refractivity contribution in [3.05, 3.63) is 11.4 Å². The van der Waals surface area contributed by atoms with Crippen LogP contribution in [0.4, 0.5) is 5.82 Å². The number of hydrogen-bond acceptors (Lipinski definition) is 4. The Kier molecular flexibility index (Phi) is 2.29. The van der Waals surface area contributed by atoms with E-state index in [0.29, 0.717) is 11.7 Å². The molecule has 0 aliphatic carbocycles. The Morgan fingerprint density at radius 2 is 2.00 bits per heavy atom. The molecule has 2 N–H and O–H groups in total. The largest absolute Gasteiger partial charge is 0.477 e. The number of nitrogens with zero attached hydrogens (tertiary/aromatic N) is 2. The van der Waals surface area contributed by atoms with E-state index in [0.717, 1.165) is 30.8 Å². The second kappa shape index (κ2) is 3.36. The quantitative estimate of drug-likeness (QED) is 0.703. The monoisotopic (exact) mass is 207 g/mol. The van der Waals surface area contributed by atoms with Crippen LogP contribution in [0.1, 0.15) is 38.6 Å². The molecule has 0 unspecified atom stereocenters. The van der Waals surface area contributed by atoms with Gasteiger partial charge in [-0.05, 0) is 12.8 Å². The van der Waals surface area contributed by atoms with E-state index in [4.69, 9.17) is 10.5 Å². The summed E-state index contributed by atoms with van der Waals surface area (Å²) < 4.78 is 5.51. The molecule has 82 valence electrons. The van der Waals surface area contributed by atoms with E-state index in [1.807, 2.05) is 0 Å². The number of nitrogens with two attached hydrogens (primary N) is 1. The van der Waals surface area contributed by atoms with Crippen LogP contribution in [-0.2, 0) is 11.8 Å². The zero-order valence-corrected chi connectivity index (χ0v) is 9.50. The molecule has 0 radical (unpaired) electrons. The predicted molar refractivity (Wildman–Crippen MR) is 59.0 cm³/mol. The first-order valence-electron chi connectivity index (χ1n) is 5.28. The molecule has 0 spiro atoms. The fourth-order valence-corrected chi connectivity index (χ4v) is 1.59. The van der Waals surface area contributed by atoms with Crippen LogP contribution in [0.15, 0.2) is 0 Å². The molecule has 0 aromatic carbocycles. The molecule has 4 heteroatoms. The molecule has 1 aromatic heterocycles. The van der Waals surface area contributed by atoms with Gasteiger partial charge in [-0.1, -0.05) is 20.8 Å². The Morgan fingerprint density at radius 1 is 1.27 bits per heavy atom. The van der Waals surface area contributed by atoms with Crippen LogP contribution in [0, 0.1) is 0 Å². The lowest BCUT2D eigenvalue weighted by Crippen LogP contribution is -2.21. The van der Waals surface area contributed by atoms with Crippen molar-refractivity contribution in [3.8, 4) is 5.88 Å². The smallest absolute Gasteiger partial charge is 0.222 e. The molecule has 2 heterocycles. The maximum atomic E-state index is 5.91. The van der Waals surface area contributed by atoms with Gasteiger partial charge in [0.2, 0.25) is 5.88 Å². The van der Waals surface area contributed by atoms with Gasteiger partial charge in [-0.3, -0.25) is 0 Å². The molecule has 1 aliphatic rings. The topological polar surface area (TPSA) is 61.0 Å². The van der Waals surface area contributed by atoms with Crippen molar-refractivity contribution in [2.75, 3.05) is 12.3 Å². The van der Waals surface area contributed by atoms with Crippen LogP contribution in [-0.4, -0.2) is 16.6 Å². The average molecular weight is 207 g/mol. The molecular weight excluding hydrogens is 190 g/mol. The number of hydrogen-bond donors (Lipinski definition) is 1. The minimum atomic E-state index is -0.0933. The maximum absolute atomic E-state index is 5.91. The van der Waals surface area contributed by atoms with E-state index < -0.39 is 0 Å². The summed E-state index contributed by atoms with van der Waals surface area (Å²) in [6.07, 6.45) is 1.92. The summed E-state index contributed by atoms with van der Waals surface area (Å²) in [6.45, 7) is 6.93. The molecule has 4 nitrogen and oxygen atoms in total. The van der Waals surface area contributed by atoms with E-state index in [1.54, 1.807) is 0 Å². The van der Waals surface area contributed by atoms with Gasteiger partial charge < -0.3 is 10.5 Å². The van der Waals surface area contributed by atoms with Crippen LogP contribution in [0.25, 0.3) is 0 Å². The molecular formula is C11H17N3O. The molecule has 1 aromatic rings. The fourth-order valence-electron chi connectivity index (χ4n) is 1.59. The third-order valence-corrected chi connectivity index (χ3v) is 2.48. The maximum Gasteiger partial charge on any atom is 0.222 e. The molecule has 1 aliphatic heterocycles. The van der Waals surface area contributed by atoms with Gasteiger partial charge in [0.15, 0.2) is 0 Å². The first-order valence-corrected chi connectivity index (χ1v) is 5.28. The minimum Gasteiger partial charge on any atom is -0.477 e. The molecule has 0 atom stereocenters. The highest BCUT2D eigenvalue weighted by molar-refractivity contribution is 5.47. The van der Waals surface area contributed by atoms with Crippen molar-refractivity contribution in [2.24, 2.45) is 0 Å². The van der Waals surface area contributed by atoms with Crippen molar-refractivity contribution in [3.63, 3.8) is 0 Å². The molecule has 0 saturated heterocycles. The molecule has 15 heavy (non-hydrogen) atoms. The van der Waals surface area contributed by atoms with Gasteiger partial charge in [-0.15, -0.1) is 0 Å². The number of ether oxygens (including phenoxy) is 1. The van der Waals surface area contributed by atoms with Crippen LogP contribution >= 0.6 is 0 Å². The first kappa shape index (κ1) is 10.2. The van der Waals surface area contributed by atoms with Gasteiger partial charge in [-0.25, -0.2) is 4.98 Å². The Hall–Kier alpha value is -1.32. The highest BCUT2D eigenvalue weighted by Crippen LogP contribution is 2.29. The molecule has 2 rings (SSSR count). The highest BCUT2D eigenvalue weighted by atomic mass is 16.5. The SMILES string of the molecule is CC(C)(C)c1nc(N)c2c(n1)OCCC2. The van der Waals surface area contributed by atoms with Crippen LogP contribution < -0.4 is 10.5 Å². The van der Waals surface area contributed by atoms with Gasteiger partial charge >= 0.3 is 0 Å². The standard InChI is InChI=1S/C11H17N3O/c1-11(2,3)10-13-8(12)7-5-4-6-15-9(7)14-10/h4-6H2,1-3H3,(H2,12,13,14). The highest BCUT2D eigenvalue weighted by Gasteiger charge is 2.23. The van der Waals surface area contributed by atoms with Crippen molar-refractivity contribution in [1.82, 2.24) is 9.97 Å². The lowest BCUT2D eigenvalue weighted by atomic mass is 9.95. The summed E-state index contributed by atoms with van der Waals surface area (Å²) in [7, 11) is 0. The second-order valence-corrected chi connectivity index (χ2v) is 4.92. The summed E-state index contributed by atoms with van der Waals surface area (Å²) in [5.74, 6) is 2.00. The van der Waals surface area contributed by atoms with E-state index >= 15 is 0 Å². The fraction of sp³-hybridized carbons (Fsp3) is 0.636. The summed E-state index contributed by atoms with van der Waals surface area (Å²) in [4.78, 5) is 8.78. The predicted octanol–water partition coefficient (Wildman–Crippen LogP) is 1.68. The Morgan fingerprint density at radius 3 is 2.67 bits per heavy atom. The number of aromatic nitrogens is 2. The van der Waals surface area contributed by atoms with Crippen LogP contribution in [0.3, 0.4) is 0 Å². The Labute approximate surface area is 89.9 Å². The third-order valence-electron chi connectivity index (χ3n) is 2.48. The summed E-state index contributed by atoms with van der Waals surface area (Å²) >= 11 is 0. The van der Waals surface area contributed by atoms with E-state index in [1.165, 1.54) is 0 Å². The zero-order valence-electron chi connectivity index (χ0n) is 9.50. The molecule has 0 fully saturated rings. The third kappa shape index (κ3) is 1.89. The van der Waals surface area contributed by atoms with Crippen LogP contribution in [0.2, 0.25) is 0 Å². The Bertz CT molecular complexity index is 382. The number of nitrogen functional groups attached to an aromatic ring is 1. The lowest BCUT2D eigenvalue weighted by molar-refractivity contribution is 0.273. The summed E-state index contributed by atoms with van der Waals surface area (Å²) in [6, 6.07) is 0. The normalized spacial score (nSPS) is 15.7. The van der Waals surface area contributed by atoms with Crippen molar-refractivity contribution < 1.29 is 4.74 Å². The van der Waals surface area contributed by atoms with E-state index in [-0.39, 0.29) is 5.41 Å². The van der Waals surface area contributed by atoms with E-state index in [9.17, 15) is 0 Å². The van der Waals surface area contributed by atoms with Gasteiger partial charge in [0.05, 0.1) is 12.2 Å². The Balaban J connectivity index is 2.50. The average Bonchev–Trinajstić information content (AvgIpc) is 2.16. The summed E-state index contributed by atoms with van der Waals surface area (Å²) in [5, 5.41) is 0. The van der Waals surface area contributed by atoms with Gasteiger partial charge in [0.25, 0.3) is 0 Å². The molecule has 0 amide bonds. The lowest BCUT2D eigenvalue weighted by Gasteiger charge is -2.22. The van der Waals surface area contributed by atoms with Gasteiger partial charge in [0.1, 0.15) is 11.6 Å². The molecule has 0 bridgehead atoms. The number of rotatable bonds is 0. The first-order chi connectivity index (χ1) is 6.98. The van der Waals surface area contributed by atoms with Gasteiger partial charge in [0, 0.05) is 5.41 Å². The minimum absolute atomic E-state index is 0.0933.